The maximum absolute atomic E-state index is 3.41. The minimum absolute atomic E-state index is 0.611. The molecular weight excluding hydrogens is 256 g/mol. The molecule has 0 radical (unpaired) electrons. The highest BCUT2D eigenvalue weighted by molar-refractivity contribution is 5.30. The number of nitrogens with one attached hydrogen (secondary N) is 1. The second kappa shape index (κ2) is 6.93. The molecule has 0 amide bonds. The molecule has 2 aliphatic rings. The first-order chi connectivity index (χ1) is 10.3. The second-order valence-electron chi connectivity index (χ2n) is 6.88. The van der Waals surface area contributed by atoms with Crippen molar-refractivity contribution in [3.8, 4) is 0 Å². The number of hydrogen-bond donors (Lipinski definition) is 1. The van der Waals surface area contributed by atoms with Crippen molar-refractivity contribution < 1.29 is 0 Å². The number of benzene rings is 1. The van der Waals surface area contributed by atoms with Crippen LogP contribution in [0.3, 0.4) is 0 Å². The Morgan fingerprint density at radius 1 is 1.10 bits per heavy atom. The summed E-state index contributed by atoms with van der Waals surface area (Å²) in [6.07, 6.45) is 6.75. The monoisotopic (exact) mass is 286 g/mol. The van der Waals surface area contributed by atoms with E-state index in [0.717, 1.165) is 18.4 Å². The van der Waals surface area contributed by atoms with E-state index in [1.54, 1.807) is 5.56 Å². The molecule has 2 heteroatoms. The number of hydrogen-bond acceptors (Lipinski definition) is 2. The van der Waals surface area contributed by atoms with Crippen LogP contribution in [0, 0.1) is 5.92 Å². The lowest BCUT2D eigenvalue weighted by atomic mass is 9.84. The van der Waals surface area contributed by atoms with E-state index in [2.05, 4.69) is 48.5 Å². The van der Waals surface area contributed by atoms with Gasteiger partial charge in [0.15, 0.2) is 0 Å². The quantitative estimate of drug-likeness (QED) is 0.852. The van der Waals surface area contributed by atoms with Crippen molar-refractivity contribution in [3.05, 3.63) is 35.4 Å². The van der Waals surface area contributed by atoms with E-state index in [1.807, 2.05) is 0 Å². The van der Waals surface area contributed by atoms with Crippen molar-refractivity contribution in [1.82, 2.24) is 10.2 Å². The average Bonchev–Trinajstić information content (AvgIpc) is 3.33. The maximum atomic E-state index is 3.41. The molecule has 0 spiro atoms. The zero-order valence-electron chi connectivity index (χ0n) is 13.6. The van der Waals surface area contributed by atoms with Gasteiger partial charge in [0.25, 0.3) is 0 Å². The van der Waals surface area contributed by atoms with Gasteiger partial charge in [-0.3, -0.25) is 4.90 Å². The van der Waals surface area contributed by atoms with Gasteiger partial charge >= 0.3 is 0 Å². The van der Waals surface area contributed by atoms with Crippen LogP contribution in [-0.2, 0) is 0 Å². The van der Waals surface area contributed by atoms with Crippen LogP contribution in [0.2, 0.25) is 0 Å². The molecule has 0 aromatic heterocycles. The van der Waals surface area contributed by atoms with Gasteiger partial charge < -0.3 is 5.32 Å². The normalized spacial score (nSPS) is 27.0. The molecule has 3 rings (SSSR count). The van der Waals surface area contributed by atoms with Crippen LogP contribution in [0.1, 0.15) is 62.1 Å². The Hall–Kier alpha value is -0.860. The van der Waals surface area contributed by atoms with Gasteiger partial charge in [0.05, 0.1) is 0 Å². The van der Waals surface area contributed by atoms with Crippen LogP contribution >= 0.6 is 0 Å². The minimum Gasteiger partial charge on any atom is -0.319 e. The fraction of sp³-hybridized carbons (Fsp3) is 0.684. The molecular formula is C19H30N2. The predicted octanol–water partition coefficient (Wildman–Crippen LogP) is 3.95. The summed E-state index contributed by atoms with van der Waals surface area (Å²) in [7, 11) is 2.09. The molecule has 1 saturated carbocycles. The van der Waals surface area contributed by atoms with Crippen molar-refractivity contribution in [2.24, 2.45) is 5.92 Å². The average molecular weight is 286 g/mol. The molecule has 21 heavy (non-hydrogen) atoms. The van der Waals surface area contributed by atoms with E-state index in [-0.39, 0.29) is 0 Å². The van der Waals surface area contributed by atoms with Gasteiger partial charge in [-0.15, -0.1) is 0 Å². The Morgan fingerprint density at radius 2 is 1.81 bits per heavy atom. The lowest BCUT2D eigenvalue weighted by molar-refractivity contribution is 0.0924. The molecule has 2 fully saturated rings. The van der Waals surface area contributed by atoms with E-state index in [1.165, 1.54) is 50.8 Å². The summed E-state index contributed by atoms with van der Waals surface area (Å²) < 4.78 is 0. The number of likely N-dealkylation sites (tertiary alicyclic amines) is 1. The molecule has 116 valence electrons. The second-order valence-corrected chi connectivity index (χ2v) is 6.88. The van der Waals surface area contributed by atoms with Crippen molar-refractivity contribution in [2.45, 2.75) is 51.0 Å². The Kier molecular flexibility index (Phi) is 4.97. The van der Waals surface area contributed by atoms with Crippen LogP contribution in [0.25, 0.3) is 0 Å². The molecule has 1 aromatic rings. The molecule has 1 saturated heterocycles. The van der Waals surface area contributed by atoms with Crippen LogP contribution in [0.5, 0.6) is 0 Å². The van der Waals surface area contributed by atoms with Crippen LogP contribution < -0.4 is 5.32 Å². The van der Waals surface area contributed by atoms with Crippen molar-refractivity contribution in [3.63, 3.8) is 0 Å². The first-order valence-corrected chi connectivity index (χ1v) is 8.82. The molecule has 0 bridgehead atoms. The van der Waals surface area contributed by atoms with Crippen molar-refractivity contribution in [1.29, 1.82) is 0 Å². The van der Waals surface area contributed by atoms with E-state index in [0.29, 0.717) is 6.04 Å². The molecule has 2 nitrogen and oxygen atoms in total. The Bertz CT molecular complexity index is 417. The summed E-state index contributed by atoms with van der Waals surface area (Å²) in [5.74, 6) is 1.62. The van der Waals surface area contributed by atoms with E-state index < -0.39 is 0 Å². The molecule has 2 atom stereocenters. The molecule has 1 aliphatic carbocycles. The number of nitrogens with zero attached hydrogens (tertiary/aromatic N) is 1. The molecule has 1 aliphatic heterocycles. The minimum atomic E-state index is 0.611. The standard InChI is InChI=1S/C19H30N2/c1-3-12-21-13-4-5-18(14-20-2)19(21)17-10-8-16(9-11-17)15-6-7-15/h8-11,15,18-20H,3-7,12-14H2,1-2H3. The lowest BCUT2D eigenvalue weighted by Gasteiger charge is -2.42. The van der Waals surface area contributed by atoms with Gasteiger partial charge in [0.2, 0.25) is 0 Å². The third-order valence-corrected chi connectivity index (χ3v) is 5.16. The zero-order valence-corrected chi connectivity index (χ0v) is 13.6. The SMILES string of the molecule is CCCN1CCCC(CNC)C1c1ccc(C2CC2)cc1. The summed E-state index contributed by atoms with van der Waals surface area (Å²) in [4.78, 5) is 2.72. The number of rotatable bonds is 6. The highest BCUT2D eigenvalue weighted by Gasteiger charge is 2.32. The summed E-state index contributed by atoms with van der Waals surface area (Å²) in [5.41, 5.74) is 3.09. The van der Waals surface area contributed by atoms with Crippen LogP contribution in [0.4, 0.5) is 0 Å². The third kappa shape index (κ3) is 3.49. The summed E-state index contributed by atoms with van der Waals surface area (Å²) in [5, 5.41) is 3.41. The molecule has 2 unspecified atom stereocenters. The van der Waals surface area contributed by atoms with E-state index >= 15 is 0 Å². The predicted molar refractivity (Wildman–Crippen MR) is 89.7 cm³/mol. The van der Waals surface area contributed by atoms with Crippen LogP contribution in [-0.4, -0.2) is 31.6 Å². The molecule has 1 N–H and O–H groups in total. The Labute approximate surface area is 129 Å². The van der Waals surface area contributed by atoms with E-state index in [9.17, 15) is 0 Å². The first-order valence-electron chi connectivity index (χ1n) is 8.82. The largest absolute Gasteiger partial charge is 0.319 e. The maximum Gasteiger partial charge on any atom is 0.0388 e. The Morgan fingerprint density at radius 3 is 2.43 bits per heavy atom. The van der Waals surface area contributed by atoms with Crippen molar-refractivity contribution >= 4 is 0 Å². The van der Waals surface area contributed by atoms with Gasteiger partial charge in [-0.25, -0.2) is 0 Å². The fourth-order valence-corrected chi connectivity index (χ4v) is 4.03. The summed E-state index contributed by atoms with van der Waals surface area (Å²) in [6.45, 7) is 5.93. The molecule has 1 aromatic carbocycles. The highest BCUT2D eigenvalue weighted by atomic mass is 15.2. The van der Waals surface area contributed by atoms with Gasteiger partial charge in [-0.05, 0) is 81.7 Å². The zero-order chi connectivity index (χ0) is 14.7. The van der Waals surface area contributed by atoms with Crippen molar-refractivity contribution in [2.75, 3.05) is 26.7 Å². The summed E-state index contributed by atoms with van der Waals surface area (Å²) >= 11 is 0. The van der Waals surface area contributed by atoms with Gasteiger partial charge in [-0.1, -0.05) is 31.2 Å². The molecule has 1 heterocycles. The Balaban J connectivity index is 1.80. The van der Waals surface area contributed by atoms with Gasteiger partial charge in [-0.2, -0.15) is 0 Å². The first kappa shape index (κ1) is 15.1. The van der Waals surface area contributed by atoms with Gasteiger partial charge in [0, 0.05) is 6.04 Å². The highest BCUT2D eigenvalue weighted by Crippen LogP contribution is 2.41. The topological polar surface area (TPSA) is 15.3 Å². The summed E-state index contributed by atoms with van der Waals surface area (Å²) in [6, 6.07) is 10.2. The van der Waals surface area contributed by atoms with Crippen LogP contribution in [0.15, 0.2) is 24.3 Å². The van der Waals surface area contributed by atoms with Gasteiger partial charge in [0.1, 0.15) is 0 Å². The van der Waals surface area contributed by atoms with E-state index in [4.69, 9.17) is 0 Å². The smallest absolute Gasteiger partial charge is 0.0388 e. The third-order valence-electron chi connectivity index (χ3n) is 5.16. The lowest BCUT2D eigenvalue weighted by Crippen LogP contribution is -2.42. The fourth-order valence-electron chi connectivity index (χ4n) is 4.03. The number of piperidine rings is 1.